The largest absolute Gasteiger partial charge is 0.431 e. The van der Waals surface area contributed by atoms with E-state index in [1.54, 1.807) is 11.8 Å². The Morgan fingerprint density at radius 3 is 2.46 bits per heavy atom. The molecule has 3 aromatic rings. The average molecular weight is 493 g/mol. The highest BCUT2D eigenvalue weighted by Gasteiger charge is 2.46. The zero-order valence-corrected chi connectivity index (χ0v) is 18.4. The fourth-order valence-corrected chi connectivity index (χ4v) is 3.78. The van der Waals surface area contributed by atoms with Gasteiger partial charge in [0.15, 0.2) is 17.5 Å². The van der Waals surface area contributed by atoms with Crippen molar-refractivity contribution in [3.8, 4) is 11.6 Å². The molecule has 0 aliphatic carbocycles. The highest BCUT2D eigenvalue weighted by atomic mass is 19.3. The Kier molecular flexibility index (Phi) is 6.92. The van der Waals surface area contributed by atoms with E-state index in [-0.39, 0.29) is 24.8 Å². The van der Waals surface area contributed by atoms with Gasteiger partial charge in [-0.1, -0.05) is 0 Å². The number of pyridine rings is 1. The van der Waals surface area contributed by atoms with E-state index in [0.717, 1.165) is 12.4 Å². The Bertz CT molecular complexity index is 1170. The van der Waals surface area contributed by atoms with Gasteiger partial charge in [-0.3, -0.25) is 14.7 Å². The van der Waals surface area contributed by atoms with Gasteiger partial charge in [-0.2, -0.15) is 0 Å². The van der Waals surface area contributed by atoms with Crippen LogP contribution in [0, 0.1) is 17.5 Å². The molecule has 35 heavy (non-hydrogen) atoms. The van der Waals surface area contributed by atoms with E-state index in [1.165, 1.54) is 24.5 Å². The molecule has 1 fully saturated rings. The quantitative estimate of drug-likeness (QED) is 0.509. The van der Waals surface area contributed by atoms with Gasteiger partial charge >= 0.3 is 0 Å². The van der Waals surface area contributed by atoms with E-state index >= 15 is 0 Å². The van der Waals surface area contributed by atoms with Crippen molar-refractivity contribution in [2.45, 2.75) is 31.2 Å². The number of benzene rings is 1. The van der Waals surface area contributed by atoms with Gasteiger partial charge < -0.3 is 10.1 Å². The van der Waals surface area contributed by atoms with Gasteiger partial charge in [0.05, 0.1) is 24.4 Å². The van der Waals surface area contributed by atoms with Crippen LogP contribution in [0.2, 0.25) is 0 Å². The second-order valence-electron chi connectivity index (χ2n) is 8.04. The molecule has 12 heteroatoms. The maximum atomic E-state index is 14.6. The number of hydrogen-bond donors (Lipinski definition) is 1. The van der Waals surface area contributed by atoms with Gasteiger partial charge in [0, 0.05) is 44.0 Å². The summed E-state index contributed by atoms with van der Waals surface area (Å²) < 4.78 is 74.6. The minimum Gasteiger partial charge on any atom is -0.431 e. The van der Waals surface area contributed by atoms with Crippen LogP contribution in [0.5, 0.6) is 11.6 Å². The molecule has 0 bridgehead atoms. The number of amides is 1. The number of hydrogen-bond acceptors (Lipinski definition) is 6. The van der Waals surface area contributed by atoms with Crippen LogP contribution in [-0.4, -0.2) is 50.8 Å². The summed E-state index contributed by atoms with van der Waals surface area (Å²) in [5.41, 5.74) is 0.442. The molecule has 1 saturated heterocycles. The predicted octanol–water partition coefficient (Wildman–Crippen LogP) is 4.53. The number of anilines is 1. The highest BCUT2D eigenvalue weighted by molar-refractivity contribution is 5.93. The SMILES string of the molecule is CC(C(=O)Nc1cnc(Oc2c(F)cc(F)cc2F)cn1)N1CCC(F)(F)C(c2ccncc2)C1. The minimum atomic E-state index is -2.92. The summed E-state index contributed by atoms with van der Waals surface area (Å²) in [6, 6.07) is 3.23. The molecule has 0 spiro atoms. The number of carbonyl (C=O) groups is 1. The molecular formula is C23H20F5N5O2. The maximum absolute atomic E-state index is 14.6. The summed E-state index contributed by atoms with van der Waals surface area (Å²) in [5.74, 6) is -9.24. The number of piperidine rings is 1. The van der Waals surface area contributed by atoms with E-state index in [9.17, 15) is 26.7 Å². The van der Waals surface area contributed by atoms with Gasteiger partial charge in [-0.25, -0.2) is 31.9 Å². The van der Waals surface area contributed by atoms with Crippen LogP contribution in [-0.2, 0) is 4.79 Å². The first-order valence-electron chi connectivity index (χ1n) is 10.6. The third kappa shape index (κ3) is 5.53. The molecule has 184 valence electrons. The first-order chi connectivity index (χ1) is 16.6. The average Bonchev–Trinajstić information content (AvgIpc) is 2.82. The number of ether oxygens (including phenoxy) is 1. The second-order valence-corrected chi connectivity index (χ2v) is 8.04. The van der Waals surface area contributed by atoms with Crippen molar-refractivity contribution in [3.63, 3.8) is 0 Å². The zero-order valence-electron chi connectivity index (χ0n) is 18.4. The summed E-state index contributed by atoms with van der Waals surface area (Å²) in [7, 11) is 0. The molecule has 3 heterocycles. The Labute approximate surface area is 197 Å². The van der Waals surface area contributed by atoms with Gasteiger partial charge in [0.2, 0.25) is 17.5 Å². The van der Waals surface area contributed by atoms with E-state index in [0.29, 0.717) is 17.7 Å². The summed E-state index contributed by atoms with van der Waals surface area (Å²) in [5, 5.41) is 2.53. The van der Waals surface area contributed by atoms with Crippen LogP contribution in [0.25, 0.3) is 0 Å². The van der Waals surface area contributed by atoms with E-state index in [1.807, 2.05) is 0 Å². The number of alkyl halides is 2. The monoisotopic (exact) mass is 493 g/mol. The van der Waals surface area contributed by atoms with Crippen molar-refractivity contribution in [2.24, 2.45) is 0 Å². The maximum Gasteiger partial charge on any atom is 0.257 e. The lowest BCUT2D eigenvalue weighted by Gasteiger charge is -2.40. The number of carbonyl (C=O) groups excluding carboxylic acids is 1. The van der Waals surface area contributed by atoms with Crippen molar-refractivity contribution in [3.05, 3.63) is 72.1 Å². The molecular weight excluding hydrogens is 473 g/mol. The molecule has 0 radical (unpaired) electrons. The molecule has 2 atom stereocenters. The topological polar surface area (TPSA) is 80.2 Å². The number of nitrogens with one attached hydrogen (secondary N) is 1. The van der Waals surface area contributed by atoms with Gasteiger partial charge in [-0.15, -0.1) is 0 Å². The normalized spacial score (nSPS) is 18.6. The van der Waals surface area contributed by atoms with E-state index in [4.69, 9.17) is 4.74 Å². The first-order valence-corrected chi connectivity index (χ1v) is 10.6. The number of likely N-dealkylation sites (tertiary alicyclic amines) is 1. The Morgan fingerprint density at radius 2 is 1.83 bits per heavy atom. The van der Waals surface area contributed by atoms with Crippen LogP contribution in [0.4, 0.5) is 27.8 Å². The predicted molar refractivity (Wildman–Crippen MR) is 115 cm³/mol. The third-order valence-electron chi connectivity index (χ3n) is 5.74. The molecule has 4 rings (SSSR count). The van der Waals surface area contributed by atoms with Gasteiger partial charge in [-0.05, 0) is 24.6 Å². The summed E-state index contributed by atoms with van der Waals surface area (Å²) in [6.07, 6.45) is 4.61. The van der Waals surface area contributed by atoms with E-state index in [2.05, 4.69) is 20.3 Å². The molecule has 1 aliphatic heterocycles. The molecule has 2 unspecified atom stereocenters. The van der Waals surface area contributed by atoms with Crippen molar-refractivity contribution >= 4 is 11.7 Å². The molecule has 0 saturated carbocycles. The van der Waals surface area contributed by atoms with Gasteiger partial charge in [0.1, 0.15) is 5.82 Å². The lowest BCUT2D eigenvalue weighted by atomic mass is 9.87. The lowest BCUT2D eigenvalue weighted by Crippen LogP contribution is -2.52. The Hall–Kier alpha value is -3.67. The van der Waals surface area contributed by atoms with Crippen molar-refractivity contribution in [1.82, 2.24) is 19.9 Å². The number of aromatic nitrogens is 3. The summed E-state index contributed by atoms with van der Waals surface area (Å²) in [6.45, 7) is 1.59. The van der Waals surface area contributed by atoms with Crippen molar-refractivity contribution in [2.75, 3.05) is 18.4 Å². The number of nitrogens with zero attached hydrogens (tertiary/aromatic N) is 4. The summed E-state index contributed by atoms with van der Waals surface area (Å²) in [4.78, 5) is 26.0. The Morgan fingerprint density at radius 1 is 1.14 bits per heavy atom. The smallest absolute Gasteiger partial charge is 0.257 e. The summed E-state index contributed by atoms with van der Waals surface area (Å²) >= 11 is 0. The van der Waals surface area contributed by atoms with Crippen LogP contribution >= 0.6 is 0 Å². The van der Waals surface area contributed by atoms with E-state index < -0.39 is 53.4 Å². The first kappa shape index (κ1) is 24.5. The van der Waals surface area contributed by atoms with Crippen LogP contribution in [0.1, 0.15) is 24.8 Å². The van der Waals surface area contributed by atoms with Crippen LogP contribution in [0.15, 0.2) is 49.1 Å². The molecule has 1 N–H and O–H groups in total. The molecule has 1 amide bonds. The number of rotatable bonds is 6. The fourth-order valence-electron chi connectivity index (χ4n) is 3.78. The standard InChI is InChI=1S/C23H20F5N5O2/c1-13(33-7-4-23(27,28)16(12-33)14-2-5-29-6-3-14)22(34)32-19-10-31-20(11-30-19)35-21-17(25)8-15(24)9-18(21)26/h2-3,5-6,8-11,13,16H,4,7,12H2,1H3,(H,30,32,34). The highest BCUT2D eigenvalue weighted by Crippen LogP contribution is 2.40. The van der Waals surface area contributed by atoms with Crippen molar-refractivity contribution in [1.29, 1.82) is 0 Å². The Balaban J connectivity index is 1.40. The van der Waals surface area contributed by atoms with Crippen molar-refractivity contribution < 1.29 is 31.5 Å². The molecule has 7 nitrogen and oxygen atoms in total. The molecule has 1 aliphatic rings. The third-order valence-corrected chi connectivity index (χ3v) is 5.74. The second kappa shape index (κ2) is 9.90. The van der Waals surface area contributed by atoms with Crippen LogP contribution in [0.3, 0.4) is 0 Å². The van der Waals surface area contributed by atoms with Gasteiger partial charge in [0.25, 0.3) is 5.92 Å². The van der Waals surface area contributed by atoms with Crippen LogP contribution < -0.4 is 10.1 Å². The lowest BCUT2D eigenvalue weighted by molar-refractivity contribution is -0.125. The fraction of sp³-hybridized carbons (Fsp3) is 0.304. The zero-order chi connectivity index (χ0) is 25.2. The number of halogens is 5. The molecule has 2 aromatic heterocycles. The molecule has 1 aromatic carbocycles. The minimum absolute atomic E-state index is 0.0160.